The minimum absolute atomic E-state index is 0.108. The molecule has 0 saturated carbocycles. The van der Waals surface area contributed by atoms with Gasteiger partial charge in [-0.05, 0) is 31.5 Å². The molecule has 1 aromatic carbocycles. The summed E-state index contributed by atoms with van der Waals surface area (Å²) in [6.07, 6.45) is 4.87. The van der Waals surface area contributed by atoms with E-state index in [1.54, 1.807) is 40.5 Å². The number of fused-ring (bicyclic) bond motifs is 1. The van der Waals surface area contributed by atoms with E-state index in [1.165, 1.54) is 18.5 Å². The number of aromatic amines is 1. The van der Waals surface area contributed by atoms with Crippen LogP contribution >= 0.6 is 0 Å². The molecule has 0 fully saturated rings. The monoisotopic (exact) mass is 394 g/mol. The van der Waals surface area contributed by atoms with Crippen molar-refractivity contribution in [3.63, 3.8) is 0 Å². The Hall–Kier alpha value is -3.75. The number of H-pyrrole nitrogens is 1. The quantitative estimate of drug-likeness (QED) is 0.540. The minimum atomic E-state index is -0.396. The third kappa shape index (κ3) is 3.66. The van der Waals surface area contributed by atoms with E-state index in [1.807, 2.05) is 6.92 Å². The van der Waals surface area contributed by atoms with Crippen molar-refractivity contribution in [3.8, 4) is 5.69 Å². The Balaban J connectivity index is 1.46. The number of benzene rings is 1. The highest BCUT2D eigenvalue weighted by Gasteiger charge is 2.14. The van der Waals surface area contributed by atoms with Crippen LogP contribution in [0.3, 0.4) is 0 Å². The van der Waals surface area contributed by atoms with Crippen LogP contribution in [0.25, 0.3) is 11.3 Å². The van der Waals surface area contributed by atoms with Crippen molar-refractivity contribution in [2.24, 2.45) is 0 Å². The smallest absolute Gasteiger partial charge is 0.266 e. The number of amides is 1. The first-order chi connectivity index (χ1) is 13.9. The number of rotatable bonds is 5. The highest BCUT2D eigenvalue weighted by molar-refractivity contribution is 5.79. The van der Waals surface area contributed by atoms with Crippen molar-refractivity contribution in [2.45, 2.75) is 26.8 Å². The maximum atomic E-state index is 14.3. The number of halogens is 1. The van der Waals surface area contributed by atoms with Crippen LogP contribution in [0.2, 0.25) is 0 Å². The van der Waals surface area contributed by atoms with E-state index in [-0.39, 0.29) is 24.4 Å². The maximum Gasteiger partial charge on any atom is 0.266 e. The zero-order valence-electron chi connectivity index (χ0n) is 15.9. The molecule has 3 aromatic heterocycles. The molecule has 3 heterocycles. The van der Waals surface area contributed by atoms with Gasteiger partial charge in [-0.3, -0.25) is 14.7 Å². The summed E-state index contributed by atoms with van der Waals surface area (Å²) in [6.45, 7) is 3.83. The first-order valence-corrected chi connectivity index (χ1v) is 9.03. The first kappa shape index (κ1) is 18.6. The number of imidazole rings is 1. The molecule has 1 amide bonds. The lowest BCUT2D eigenvalue weighted by atomic mass is 10.1. The molecule has 29 heavy (non-hydrogen) atoms. The molecule has 0 spiro atoms. The highest BCUT2D eigenvalue weighted by atomic mass is 19.1. The second-order valence-electron chi connectivity index (χ2n) is 6.78. The summed E-state index contributed by atoms with van der Waals surface area (Å²) in [4.78, 5) is 32.3. The number of hydrogen-bond acceptors (Lipinski definition) is 4. The van der Waals surface area contributed by atoms with Gasteiger partial charge < -0.3 is 9.88 Å². The Morgan fingerprint density at radius 2 is 2.10 bits per heavy atom. The molecule has 0 aliphatic heterocycles. The Bertz CT molecular complexity index is 1260. The van der Waals surface area contributed by atoms with Gasteiger partial charge >= 0.3 is 0 Å². The second kappa shape index (κ2) is 7.34. The molecule has 0 saturated heterocycles. The van der Waals surface area contributed by atoms with Crippen LogP contribution in [0.15, 0.2) is 47.8 Å². The average molecular weight is 394 g/mol. The fourth-order valence-electron chi connectivity index (χ4n) is 3.31. The van der Waals surface area contributed by atoms with E-state index in [2.05, 4.69) is 20.4 Å². The summed E-state index contributed by atoms with van der Waals surface area (Å²) in [6, 6.07) is 6.20. The van der Waals surface area contributed by atoms with Crippen molar-refractivity contribution in [1.29, 1.82) is 0 Å². The van der Waals surface area contributed by atoms with Crippen LogP contribution in [0, 0.1) is 19.7 Å². The molecule has 8 nitrogen and oxygen atoms in total. The molecule has 4 aromatic rings. The van der Waals surface area contributed by atoms with Crippen LogP contribution in [-0.2, 0) is 17.8 Å². The average Bonchev–Trinajstić information content (AvgIpc) is 3.33. The number of nitrogens with one attached hydrogen (secondary N) is 2. The molecule has 0 aliphatic carbocycles. The Labute approximate surface area is 165 Å². The van der Waals surface area contributed by atoms with E-state index < -0.39 is 5.82 Å². The molecule has 0 aliphatic rings. The summed E-state index contributed by atoms with van der Waals surface area (Å²) in [5.74, 6) is -0.612. The van der Waals surface area contributed by atoms with Gasteiger partial charge in [-0.1, -0.05) is 6.07 Å². The number of carbonyl (C=O) groups excluding carboxylic acids is 1. The topological polar surface area (TPSA) is 97.1 Å². The molecule has 2 N–H and O–H groups in total. The molecule has 9 heteroatoms. The second-order valence-corrected chi connectivity index (χ2v) is 6.78. The van der Waals surface area contributed by atoms with Gasteiger partial charge in [0.15, 0.2) is 5.65 Å². The fraction of sp³-hybridized carbons (Fsp3) is 0.200. The number of hydrogen-bond donors (Lipinski definition) is 2. The third-order valence-corrected chi connectivity index (χ3v) is 4.82. The fourth-order valence-corrected chi connectivity index (χ4v) is 3.31. The molecule has 0 bridgehead atoms. The van der Waals surface area contributed by atoms with Crippen molar-refractivity contribution >= 4 is 11.6 Å². The summed E-state index contributed by atoms with van der Waals surface area (Å²) in [5, 5.41) is 5.47. The predicted octanol–water partition coefficient (Wildman–Crippen LogP) is 1.82. The number of nitrogens with zero attached hydrogens (tertiary/aromatic N) is 4. The summed E-state index contributed by atoms with van der Waals surface area (Å²) in [5.41, 5.74) is 3.49. The molecule has 0 unspecified atom stereocenters. The van der Waals surface area contributed by atoms with Crippen molar-refractivity contribution in [2.75, 3.05) is 0 Å². The standard InChI is InChI=1S/C20H19FN6O2/c1-12-15(13(2)27-18(24-12)9-20(29)25-27)8-19(28)23-10-14-3-4-17(16(21)7-14)26-6-5-22-11-26/h3-7,9,11H,8,10H2,1-2H3,(H,23,28)(H,25,29). The Morgan fingerprint density at radius 1 is 1.28 bits per heavy atom. The van der Waals surface area contributed by atoms with E-state index in [0.29, 0.717) is 22.6 Å². The van der Waals surface area contributed by atoms with Crippen molar-refractivity contribution in [1.82, 2.24) is 29.5 Å². The van der Waals surface area contributed by atoms with Gasteiger partial charge in [0.25, 0.3) is 5.56 Å². The van der Waals surface area contributed by atoms with E-state index >= 15 is 0 Å². The molecule has 0 radical (unpaired) electrons. The van der Waals surface area contributed by atoms with Crippen LogP contribution in [0.4, 0.5) is 4.39 Å². The third-order valence-electron chi connectivity index (χ3n) is 4.82. The lowest BCUT2D eigenvalue weighted by Gasteiger charge is -2.12. The normalized spacial score (nSPS) is 11.1. The predicted molar refractivity (Wildman–Crippen MR) is 104 cm³/mol. The van der Waals surface area contributed by atoms with Crippen LogP contribution in [0.1, 0.15) is 22.5 Å². The molecule has 148 valence electrons. The minimum Gasteiger partial charge on any atom is -0.352 e. The van der Waals surface area contributed by atoms with Gasteiger partial charge in [-0.15, -0.1) is 0 Å². The van der Waals surface area contributed by atoms with E-state index in [4.69, 9.17) is 0 Å². The van der Waals surface area contributed by atoms with Crippen molar-refractivity contribution in [3.05, 3.63) is 81.7 Å². The van der Waals surface area contributed by atoms with Gasteiger partial charge in [0.2, 0.25) is 5.91 Å². The summed E-state index contributed by atoms with van der Waals surface area (Å²) < 4.78 is 17.5. The van der Waals surface area contributed by atoms with Crippen molar-refractivity contribution < 1.29 is 9.18 Å². The number of aromatic nitrogens is 5. The lowest BCUT2D eigenvalue weighted by Crippen LogP contribution is -2.26. The number of aryl methyl sites for hydroxylation is 2. The van der Waals surface area contributed by atoms with Gasteiger partial charge in [0.05, 0.1) is 18.4 Å². The van der Waals surface area contributed by atoms with Gasteiger partial charge in [0.1, 0.15) is 5.82 Å². The zero-order chi connectivity index (χ0) is 20.5. The molecule has 4 rings (SSSR count). The largest absolute Gasteiger partial charge is 0.352 e. The Morgan fingerprint density at radius 3 is 2.83 bits per heavy atom. The van der Waals surface area contributed by atoms with E-state index in [0.717, 1.165) is 11.3 Å². The number of carbonyl (C=O) groups is 1. The van der Waals surface area contributed by atoms with Crippen LogP contribution in [0.5, 0.6) is 0 Å². The zero-order valence-corrected chi connectivity index (χ0v) is 15.9. The summed E-state index contributed by atoms with van der Waals surface area (Å²) >= 11 is 0. The van der Waals surface area contributed by atoms with Gasteiger partial charge in [-0.2, -0.15) is 0 Å². The molecular formula is C20H19FN6O2. The lowest BCUT2D eigenvalue weighted by molar-refractivity contribution is -0.120. The van der Waals surface area contributed by atoms with Gasteiger partial charge in [-0.25, -0.2) is 18.9 Å². The van der Waals surface area contributed by atoms with E-state index in [9.17, 15) is 14.0 Å². The van der Waals surface area contributed by atoms with Crippen LogP contribution in [-0.4, -0.2) is 30.1 Å². The first-order valence-electron chi connectivity index (χ1n) is 9.03. The SMILES string of the molecule is Cc1nc2cc(=O)[nH]n2c(C)c1CC(=O)NCc1ccc(-n2ccnc2)c(F)c1. The molecule has 0 atom stereocenters. The van der Waals surface area contributed by atoms with Crippen LogP contribution < -0.4 is 10.9 Å². The summed E-state index contributed by atoms with van der Waals surface area (Å²) in [7, 11) is 0. The van der Waals surface area contributed by atoms with Gasteiger partial charge in [0, 0.05) is 42.0 Å². The highest BCUT2D eigenvalue weighted by Crippen LogP contribution is 2.16. The maximum absolute atomic E-state index is 14.3. The molecular weight excluding hydrogens is 375 g/mol. The Kier molecular flexibility index (Phi) is 4.71.